The first kappa shape index (κ1) is 71.4. The Balaban J connectivity index is 0.000000115. The number of aromatic nitrogens is 12. The van der Waals surface area contributed by atoms with Crippen molar-refractivity contribution in [1.82, 2.24) is 78.4 Å². The van der Waals surface area contributed by atoms with Gasteiger partial charge in [0.05, 0.1) is 70.8 Å². The molecule has 0 amide bonds. The Kier molecular flexibility index (Phi) is 20.5. The number of benzene rings is 4. The Morgan fingerprint density at radius 3 is 1.03 bits per heavy atom. The summed E-state index contributed by atoms with van der Waals surface area (Å²) >= 11 is 0. The fourth-order valence-electron chi connectivity index (χ4n) is 14.2. The van der Waals surface area contributed by atoms with Crippen LogP contribution in [0.1, 0.15) is 13.8 Å². The first-order valence-corrected chi connectivity index (χ1v) is 36.0. The van der Waals surface area contributed by atoms with E-state index >= 15 is 0 Å². The van der Waals surface area contributed by atoms with Gasteiger partial charge in [-0.2, -0.15) is 10.2 Å². The number of hydrogen-bond acceptors (Lipinski definition) is 20. The van der Waals surface area contributed by atoms with E-state index < -0.39 is 11.6 Å². The van der Waals surface area contributed by atoms with E-state index in [1.54, 1.807) is 42.4 Å². The molecule has 2 atom stereocenters. The number of methoxy groups -OCH3 is 2. The molecule has 10 aromatic heterocycles. The molecule has 4 N–H and O–H groups in total. The van der Waals surface area contributed by atoms with Crippen LogP contribution in [0.5, 0.6) is 11.5 Å². The summed E-state index contributed by atoms with van der Waals surface area (Å²) < 4.78 is 47.7. The smallest absolute Gasteiger partial charge is 0.258 e. The predicted octanol–water partition coefficient (Wildman–Crippen LogP) is 7.93. The molecule has 0 unspecified atom stereocenters. The summed E-state index contributed by atoms with van der Waals surface area (Å²) in [6.07, 6.45) is 11.4. The average molecular weight is 1460 g/mol. The van der Waals surface area contributed by atoms with Crippen molar-refractivity contribution in [2.24, 2.45) is 14.1 Å². The summed E-state index contributed by atoms with van der Waals surface area (Å²) in [5, 5.41) is 24.4. The van der Waals surface area contributed by atoms with Gasteiger partial charge in [0, 0.05) is 224 Å². The molecule has 4 aliphatic rings. The lowest BCUT2D eigenvalue weighted by Gasteiger charge is -2.33. The molecule has 0 bridgehead atoms. The quantitative estimate of drug-likeness (QED) is 0.101. The maximum absolute atomic E-state index is 13.8. The summed E-state index contributed by atoms with van der Waals surface area (Å²) in [5.41, 5.74) is 12.8. The first-order valence-electron chi connectivity index (χ1n) is 36.0. The van der Waals surface area contributed by atoms with Crippen molar-refractivity contribution >= 4 is 67.1 Å². The number of fused-ring (bicyclic) bond motifs is 6. The van der Waals surface area contributed by atoms with E-state index in [1.165, 1.54) is 59.4 Å². The van der Waals surface area contributed by atoms with Gasteiger partial charge < -0.3 is 50.3 Å². The van der Waals surface area contributed by atoms with E-state index in [4.69, 9.17) is 19.4 Å². The van der Waals surface area contributed by atoms with Crippen LogP contribution in [0.25, 0.3) is 89.4 Å². The molecular formula is C80H82F2N20O6. The van der Waals surface area contributed by atoms with Gasteiger partial charge in [0.25, 0.3) is 22.2 Å². The number of halogens is 2. The average Bonchev–Trinajstić information content (AvgIpc) is 1.09. The predicted molar refractivity (Wildman–Crippen MR) is 419 cm³/mol. The normalized spacial score (nSPS) is 16.1. The number of rotatable bonds is 10. The number of aryl methyl sites for hydroxylation is 2. The van der Waals surface area contributed by atoms with Crippen molar-refractivity contribution in [3.05, 3.63) is 236 Å². The summed E-state index contributed by atoms with van der Waals surface area (Å²) in [6.45, 7) is 17.2. The van der Waals surface area contributed by atoms with Crippen molar-refractivity contribution in [3.63, 3.8) is 0 Å². The van der Waals surface area contributed by atoms with Crippen molar-refractivity contribution < 1.29 is 18.3 Å². The summed E-state index contributed by atoms with van der Waals surface area (Å²) in [7, 11) is 6.74. The molecule has 0 spiro atoms. The van der Waals surface area contributed by atoms with E-state index in [0.717, 1.165) is 147 Å². The van der Waals surface area contributed by atoms with Crippen LogP contribution in [0.15, 0.2) is 202 Å². The SMILES string of the molecule is COc1cc(F)cc(-c2cc(=O)n3cc(N4CCNCC4)ccc3n2)c1.COc1cc(F)cc(-c2cc(=O)n3cc(N4CCN[C@@H](C)C4)ccc3n2)c1.C[C@H]1CN(c2ccc3nc(-c4ccc5nn(C)cc5c4)cc(=O)n3c2)CCN1.Cn1cc2cc(-c3cc(=O)n4cc(N5CCNCC5)ccc4n3)ccc2n1. The highest BCUT2D eigenvalue weighted by Gasteiger charge is 2.21. The Morgan fingerprint density at radius 1 is 0.370 bits per heavy atom. The molecule has 4 aromatic carbocycles. The summed E-state index contributed by atoms with van der Waals surface area (Å²) in [5.74, 6) is -0.101. The van der Waals surface area contributed by atoms with Crippen molar-refractivity contribution in [2.45, 2.75) is 25.9 Å². The molecule has 4 fully saturated rings. The van der Waals surface area contributed by atoms with Gasteiger partial charge in [-0.3, -0.25) is 46.1 Å². The number of ether oxygens (including phenoxy) is 2. The van der Waals surface area contributed by atoms with Crippen molar-refractivity contribution in [3.8, 4) is 56.5 Å². The second-order valence-corrected chi connectivity index (χ2v) is 27.4. The Hall–Kier alpha value is -12.2. The van der Waals surface area contributed by atoms with Crippen LogP contribution in [0.4, 0.5) is 31.5 Å². The third kappa shape index (κ3) is 15.8. The van der Waals surface area contributed by atoms with Gasteiger partial charge in [0.2, 0.25) is 0 Å². The first-order chi connectivity index (χ1) is 52.4. The largest absolute Gasteiger partial charge is 0.497 e. The molecule has 14 aromatic rings. The van der Waals surface area contributed by atoms with Crippen LogP contribution in [0, 0.1) is 11.6 Å². The van der Waals surface area contributed by atoms with Gasteiger partial charge in [0.1, 0.15) is 45.7 Å². The lowest BCUT2D eigenvalue weighted by atomic mass is 10.1. The molecular weight excluding hydrogens is 1380 g/mol. The van der Waals surface area contributed by atoms with Gasteiger partial charge in [-0.1, -0.05) is 12.1 Å². The lowest BCUT2D eigenvalue weighted by molar-refractivity contribution is 0.411. The van der Waals surface area contributed by atoms with E-state index in [-0.39, 0.29) is 22.2 Å². The molecule has 28 heteroatoms. The van der Waals surface area contributed by atoms with Gasteiger partial charge in [-0.05, 0) is 111 Å². The van der Waals surface area contributed by atoms with E-state index in [2.05, 4.69) is 74.9 Å². The second kappa shape index (κ2) is 31.1. The third-order valence-corrected chi connectivity index (χ3v) is 19.6. The number of hydrogen-bond donors (Lipinski definition) is 4. The molecule has 26 nitrogen and oxygen atoms in total. The van der Waals surface area contributed by atoms with Crippen LogP contribution < -0.4 is 72.6 Å². The van der Waals surface area contributed by atoms with E-state index in [1.807, 2.05) is 136 Å². The second-order valence-electron chi connectivity index (χ2n) is 27.4. The highest BCUT2D eigenvalue weighted by atomic mass is 19.1. The summed E-state index contributed by atoms with van der Waals surface area (Å²) in [6, 6.07) is 42.9. The molecule has 4 aliphatic heterocycles. The Labute approximate surface area is 618 Å². The molecule has 0 saturated carbocycles. The van der Waals surface area contributed by atoms with Crippen LogP contribution in [-0.2, 0) is 14.1 Å². The number of pyridine rings is 4. The number of anilines is 4. The number of piperazine rings is 4. The molecule has 4 saturated heterocycles. The molecule has 14 heterocycles. The van der Waals surface area contributed by atoms with Gasteiger partial charge in [-0.25, -0.2) is 28.7 Å². The van der Waals surface area contributed by atoms with Gasteiger partial charge in [-0.15, -0.1) is 0 Å². The molecule has 552 valence electrons. The monoisotopic (exact) mass is 1460 g/mol. The lowest BCUT2D eigenvalue weighted by Crippen LogP contribution is -2.49. The van der Waals surface area contributed by atoms with Gasteiger partial charge in [0.15, 0.2) is 0 Å². The van der Waals surface area contributed by atoms with Crippen LogP contribution >= 0.6 is 0 Å². The fraction of sp³-hybridized carbons (Fsp3) is 0.275. The Morgan fingerprint density at radius 2 is 0.694 bits per heavy atom. The number of nitrogens with zero attached hydrogens (tertiary/aromatic N) is 16. The van der Waals surface area contributed by atoms with Crippen molar-refractivity contribution in [1.29, 1.82) is 0 Å². The molecule has 0 radical (unpaired) electrons. The zero-order valence-electron chi connectivity index (χ0n) is 60.7. The zero-order valence-corrected chi connectivity index (χ0v) is 60.7. The van der Waals surface area contributed by atoms with Crippen LogP contribution in [0.3, 0.4) is 0 Å². The third-order valence-electron chi connectivity index (χ3n) is 19.6. The van der Waals surface area contributed by atoms with Crippen molar-refractivity contribution in [2.75, 3.05) is 125 Å². The molecule has 18 rings (SSSR count). The summed E-state index contributed by atoms with van der Waals surface area (Å²) in [4.78, 5) is 78.4. The van der Waals surface area contributed by atoms with Crippen LogP contribution in [0.2, 0.25) is 0 Å². The maximum atomic E-state index is 13.8. The number of nitrogens with one attached hydrogen (secondary N) is 4. The highest BCUT2D eigenvalue weighted by Crippen LogP contribution is 2.30. The Bertz CT molecular complexity index is 5950. The fourth-order valence-corrected chi connectivity index (χ4v) is 14.2. The zero-order chi connectivity index (χ0) is 74.7. The topological polar surface area (TPSA) is 253 Å². The minimum atomic E-state index is -0.436. The maximum Gasteiger partial charge on any atom is 0.258 e. The van der Waals surface area contributed by atoms with Gasteiger partial charge >= 0.3 is 0 Å². The molecule has 108 heavy (non-hydrogen) atoms. The minimum absolute atomic E-state index is 0.0710. The van der Waals surface area contributed by atoms with E-state index in [0.29, 0.717) is 80.1 Å². The minimum Gasteiger partial charge on any atom is -0.497 e. The molecule has 0 aliphatic carbocycles. The van der Waals surface area contributed by atoms with Crippen LogP contribution in [-0.4, -0.2) is 175 Å². The standard InChI is InChI=1S/C21H22N6O.C20H21FN4O2.C20H20N6O.C19H19FN4O2/c1-14-11-26(8-7-22-14)17-4-6-20-23-19(10-21(28)27(20)13-17)15-3-5-18-16(9-15)12-25(2)24-18;1-13-11-24(6-5-22-13)16-3-4-19-23-18(10-20(26)25(19)12-16)14-7-15(21)9-17(8-14)27-2;1-24-12-15-10-14(2-4-17(15)23-24)18-11-20(27)26-13-16(3-5-19(26)22-18)25-8-6-21-7-9-25;1-26-16-9-13(8-14(20)10-16)17-11-19(25)24-12-15(2-3-18(24)22-17)23-6-4-21-5-7-23/h3-6,9-10,12-14,22H,7-8,11H2,1-2H3;3-4,7-10,12-13,22H,5-6,11H2,1-2H3;2-5,10-13,21H,6-9H2,1H3;2-3,8-12,21H,4-7H2,1H3/t14-;13-;;/m00../s1. The van der Waals surface area contributed by atoms with E-state index in [9.17, 15) is 28.0 Å². The highest BCUT2D eigenvalue weighted by molar-refractivity contribution is 5.85.